The number of hydrogen-bond acceptors (Lipinski definition) is 3. The summed E-state index contributed by atoms with van der Waals surface area (Å²) in [5.41, 5.74) is 4.43. The number of hydrogen-bond donors (Lipinski definition) is 0. The normalized spacial score (nSPS) is 15.8. The molecule has 0 aromatic heterocycles. The van der Waals surface area contributed by atoms with E-state index in [1.807, 2.05) is 43.3 Å². The van der Waals surface area contributed by atoms with Gasteiger partial charge in [0.1, 0.15) is 11.9 Å². The van der Waals surface area contributed by atoms with Gasteiger partial charge in [-0.2, -0.15) is 0 Å². The van der Waals surface area contributed by atoms with Gasteiger partial charge >= 0.3 is 5.97 Å². The smallest absolute Gasteiger partial charge is 0.309 e. The Labute approximate surface area is 118 Å². The molecule has 2 aromatic carbocycles. The summed E-state index contributed by atoms with van der Waals surface area (Å²) < 4.78 is 10.8. The highest BCUT2D eigenvalue weighted by Gasteiger charge is 2.29. The molecule has 0 amide bonds. The van der Waals surface area contributed by atoms with Crippen LogP contribution in [-0.4, -0.2) is 13.1 Å². The van der Waals surface area contributed by atoms with E-state index in [0.29, 0.717) is 0 Å². The summed E-state index contributed by atoms with van der Waals surface area (Å²) >= 11 is 0. The molecule has 102 valence electrons. The van der Waals surface area contributed by atoms with Gasteiger partial charge in [-0.15, -0.1) is 0 Å². The van der Waals surface area contributed by atoms with Gasteiger partial charge in [0.05, 0.1) is 13.5 Å². The van der Waals surface area contributed by atoms with Crippen LogP contribution in [-0.2, 0) is 9.53 Å². The predicted octanol–water partition coefficient (Wildman–Crippen LogP) is 3.66. The first-order valence-electron chi connectivity index (χ1n) is 6.63. The summed E-state index contributed by atoms with van der Waals surface area (Å²) in [6.45, 7) is 2.04. The van der Waals surface area contributed by atoms with E-state index in [0.717, 1.165) is 28.0 Å². The Kier molecular flexibility index (Phi) is 3.18. The molecule has 0 fully saturated rings. The third kappa shape index (κ3) is 2.05. The van der Waals surface area contributed by atoms with Gasteiger partial charge in [-0.1, -0.05) is 36.4 Å². The second kappa shape index (κ2) is 5.00. The molecule has 0 bridgehead atoms. The minimum absolute atomic E-state index is 0.225. The second-order valence-corrected chi connectivity index (χ2v) is 4.92. The van der Waals surface area contributed by atoms with E-state index >= 15 is 0 Å². The van der Waals surface area contributed by atoms with Crippen molar-refractivity contribution < 1.29 is 14.3 Å². The SMILES string of the molecule is COC(=O)C[C@H]1Oc2ccccc2-c2cccc(C)c21. The molecule has 3 nitrogen and oxygen atoms in total. The molecular formula is C17H16O3. The fourth-order valence-corrected chi connectivity index (χ4v) is 2.73. The standard InChI is InChI=1S/C17H16O3/c1-11-6-5-8-13-12-7-3-4-9-14(12)20-15(17(11)13)10-16(18)19-2/h3-9,15H,10H2,1-2H3/t15-/m1/s1. The van der Waals surface area contributed by atoms with Crippen molar-refractivity contribution in [1.82, 2.24) is 0 Å². The summed E-state index contributed by atoms with van der Waals surface area (Å²) in [7, 11) is 1.40. The minimum atomic E-state index is -0.284. The van der Waals surface area contributed by atoms with E-state index in [1.54, 1.807) is 0 Å². The minimum Gasteiger partial charge on any atom is -0.484 e. The maximum absolute atomic E-state index is 11.6. The maximum Gasteiger partial charge on any atom is 0.309 e. The molecule has 0 spiro atoms. The molecule has 3 heteroatoms. The molecule has 0 saturated carbocycles. The fourth-order valence-electron chi connectivity index (χ4n) is 2.73. The van der Waals surface area contributed by atoms with E-state index in [9.17, 15) is 4.79 Å². The van der Waals surface area contributed by atoms with E-state index < -0.39 is 0 Å². The molecule has 0 aliphatic carbocycles. The van der Waals surface area contributed by atoms with Crippen LogP contribution in [0, 0.1) is 6.92 Å². The molecule has 0 N–H and O–H groups in total. The highest BCUT2D eigenvalue weighted by molar-refractivity contribution is 5.78. The largest absolute Gasteiger partial charge is 0.484 e. The number of aryl methyl sites for hydroxylation is 1. The maximum atomic E-state index is 11.6. The molecule has 3 rings (SSSR count). The van der Waals surface area contributed by atoms with Crippen LogP contribution in [0.25, 0.3) is 11.1 Å². The number of rotatable bonds is 2. The summed E-state index contributed by atoms with van der Waals surface area (Å²) in [4.78, 5) is 11.6. The Morgan fingerprint density at radius 1 is 1.15 bits per heavy atom. The lowest BCUT2D eigenvalue weighted by molar-refractivity contribution is -0.142. The number of fused-ring (bicyclic) bond motifs is 3. The Bertz CT molecular complexity index is 661. The molecule has 0 saturated heterocycles. The summed E-state index contributed by atoms with van der Waals surface area (Å²) in [6.07, 6.45) is -0.0589. The molecule has 1 aliphatic heterocycles. The Morgan fingerprint density at radius 2 is 1.90 bits per heavy atom. The van der Waals surface area contributed by atoms with Crippen LogP contribution >= 0.6 is 0 Å². The molecule has 1 heterocycles. The van der Waals surface area contributed by atoms with Gasteiger partial charge in [0.25, 0.3) is 0 Å². The predicted molar refractivity (Wildman–Crippen MR) is 76.6 cm³/mol. The number of esters is 1. The van der Waals surface area contributed by atoms with Crippen LogP contribution in [0.15, 0.2) is 42.5 Å². The number of carbonyl (C=O) groups is 1. The zero-order valence-corrected chi connectivity index (χ0v) is 11.6. The lowest BCUT2D eigenvalue weighted by atomic mass is 9.88. The monoisotopic (exact) mass is 268 g/mol. The topological polar surface area (TPSA) is 35.5 Å². The van der Waals surface area contributed by atoms with Crippen LogP contribution < -0.4 is 4.74 Å². The first-order chi connectivity index (χ1) is 9.70. The van der Waals surface area contributed by atoms with Gasteiger partial charge in [-0.25, -0.2) is 0 Å². The molecule has 1 atom stereocenters. The van der Waals surface area contributed by atoms with Crippen LogP contribution in [0.1, 0.15) is 23.7 Å². The van der Waals surface area contributed by atoms with Gasteiger partial charge in [0.2, 0.25) is 0 Å². The van der Waals surface area contributed by atoms with Crippen LogP contribution in [0.2, 0.25) is 0 Å². The van der Waals surface area contributed by atoms with Crippen LogP contribution in [0.4, 0.5) is 0 Å². The summed E-state index contributed by atoms with van der Waals surface area (Å²) in [5, 5.41) is 0. The van der Waals surface area contributed by atoms with Crippen LogP contribution in [0.3, 0.4) is 0 Å². The Balaban J connectivity index is 2.13. The molecule has 20 heavy (non-hydrogen) atoms. The third-order valence-electron chi connectivity index (χ3n) is 3.67. The van der Waals surface area contributed by atoms with Gasteiger partial charge in [-0.05, 0) is 24.1 Å². The highest BCUT2D eigenvalue weighted by atomic mass is 16.5. The second-order valence-electron chi connectivity index (χ2n) is 4.92. The lowest BCUT2D eigenvalue weighted by Crippen LogP contribution is -2.19. The van der Waals surface area contributed by atoms with E-state index in [1.165, 1.54) is 7.11 Å². The molecule has 0 radical (unpaired) electrons. The van der Waals surface area contributed by atoms with E-state index in [2.05, 4.69) is 6.07 Å². The molecular weight excluding hydrogens is 252 g/mol. The fraction of sp³-hybridized carbons (Fsp3) is 0.235. The van der Waals surface area contributed by atoms with Crippen LogP contribution in [0.5, 0.6) is 5.75 Å². The first kappa shape index (κ1) is 12.7. The number of carbonyl (C=O) groups excluding carboxylic acids is 1. The average molecular weight is 268 g/mol. The molecule has 0 unspecified atom stereocenters. The van der Waals surface area contributed by atoms with Crippen molar-refractivity contribution in [3.05, 3.63) is 53.6 Å². The van der Waals surface area contributed by atoms with Gasteiger partial charge in [0, 0.05) is 11.1 Å². The zero-order chi connectivity index (χ0) is 14.1. The van der Waals surface area contributed by atoms with E-state index in [4.69, 9.17) is 9.47 Å². The van der Waals surface area contributed by atoms with Gasteiger partial charge < -0.3 is 9.47 Å². The first-order valence-corrected chi connectivity index (χ1v) is 6.63. The van der Waals surface area contributed by atoms with Crippen molar-refractivity contribution in [3.63, 3.8) is 0 Å². The van der Waals surface area contributed by atoms with Crippen molar-refractivity contribution >= 4 is 5.97 Å². The summed E-state index contributed by atoms with van der Waals surface area (Å²) in [6, 6.07) is 14.1. The number of methoxy groups -OCH3 is 1. The summed E-state index contributed by atoms with van der Waals surface area (Å²) in [5.74, 6) is 0.558. The number of para-hydroxylation sites is 1. The lowest BCUT2D eigenvalue weighted by Gasteiger charge is -2.29. The highest BCUT2D eigenvalue weighted by Crippen LogP contribution is 2.44. The van der Waals surface area contributed by atoms with Crippen molar-refractivity contribution in [2.24, 2.45) is 0 Å². The number of benzene rings is 2. The van der Waals surface area contributed by atoms with Crippen molar-refractivity contribution in [3.8, 4) is 16.9 Å². The number of ether oxygens (including phenoxy) is 2. The van der Waals surface area contributed by atoms with Crippen molar-refractivity contribution in [2.45, 2.75) is 19.4 Å². The van der Waals surface area contributed by atoms with Gasteiger partial charge in [0.15, 0.2) is 0 Å². The zero-order valence-electron chi connectivity index (χ0n) is 11.6. The Hall–Kier alpha value is -2.29. The average Bonchev–Trinajstić information content (AvgIpc) is 2.47. The Morgan fingerprint density at radius 3 is 2.70 bits per heavy atom. The quantitative estimate of drug-likeness (QED) is 0.780. The van der Waals surface area contributed by atoms with E-state index in [-0.39, 0.29) is 18.5 Å². The third-order valence-corrected chi connectivity index (χ3v) is 3.67. The molecule has 1 aliphatic rings. The van der Waals surface area contributed by atoms with Crippen molar-refractivity contribution in [2.75, 3.05) is 7.11 Å². The van der Waals surface area contributed by atoms with Crippen molar-refractivity contribution in [1.29, 1.82) is 0 Å². The molecule has 2 aromatic rings. The van der Waals surface area contributed by atoms with Gasteiger partial charge in [-0.3, -0.25) is 4.79 Å².